The summed E-state index contributed by atoms with van der Waals surface area (Å²) in [6.07, 6.45) is 0.723. The highest BCUT2D eigenvalue weighted by atomic mass is 79.9. The van der Waals surface area contributed by atoms with E-state index in [0.717, 1.165) is 16.6 Å². The zero-order chi connectivity index (χ0) is 11.0. The number of hydrogen-bond donors (Lipinski definition) is 2. The Balaban J connectivity index is 2.01. The molecule has 0 aliphatic heterocycles. The highest BCUT2D eigenvalue weighted by Gasteiger charge is 2.43. The second kappa shape index (κ2) is 3.85. The third-order valence-corrected chi connectivity index (χ3v) is 3.49. The minimum atomic E-state index is -0.710. The number of carboxylic acid groups (broad SMARTS) is 1. The molecular weight excluding hydrogens is 258 g/mol. The number of rotatable bonds is 3. The Labute approximate surface area is 96.6 Å². The molecule has 0 bridgehead atoms. The Kier molecular flexibility index (Phi) is 2.69. The highest BCUT2D eigenvalue weighted by Crippen LogP contribution is 2.34. The number of anilines is 1. The van der Waals surface area contributed by atoms with Crippen LogP contribution in [0.1, 0.15) is 12.0 Å². The van der Waals surface area contributed by atoms with E-state index in [1.807, 2.05) is 25.1 Å². The zero-order valence-corrected chi connectivity index (χ0v) is 9.91. The van der Waals surface area contributed by atoms with Gasteiger partial charge in [0.05, 0.1) is 5.92 Å². The van der Waals surface area contributed by atoms with Gasteiger partial charge < -0.3 is 10.4 Å². The van der Waals surface area contributed by atoms with E-state index in [0.29, 0.717) is 0 Å². The molecule has 0 aromatic heterocycles. The Hall–Kier alpha value is -1.03. The molecule has 1 aliphatic carbocycles. The molecule has 80 valence electrons. The minimum absolute atomic E-state index is 0.0945. The second-order valence-electron chi connectivity index (χ2n) is 3.90. The van der Waals surface area contributed by atoms with E-state index in [1.165, 1.54) is 5.56 Å². The number of benzene rings is 1. The maximum absolute atomic E-state index is 10.6. The van der Waals surface area contributed by atoms with Crippen molar-refractivity contribution in [3.63, 3.8) is 0 Å². The van der Waals surface area contributed by atoms with Crippen LogP contribution in [0, 0.1) is 12.8 Å². The first-order valence-electron chi connectivity index (χ1n) is 4.83. The lowest BCUT2D eigenvalue weighted by atomic mass is 10.2. The van der Waals surface area contributed by atoms with Gasteiger partial charge in [0, 0.05) is 16.2 Å². The maximum atomic E-state index is 10.6. The lowest BCUT2D eigenvalue weighted by Crippen LogP contribution is -2.10. The van der Waals surface area contributed by atoms with Gasteiger partial charge in [-0.2, -0.15) is 0 Å². The van der Waals surface area contributed by atoms with Crippen LogP contribution in [0.15, 0.2) is 22.7 Å². The number of carboxylic acids is 1. The fourth-order valence-corrected chi connectivity index (χ4v) is 1.90. The van der Waals surface area contributed by atoms with Crippen molar-refractivity contribution in [3.8, 4) is 0 Å². The molecule has 15 heavy (non-hydrogen) atoms. The molecular formula is C11H12BrNO2. The summed E-state index contributed by atoms with van der Waals surface area (Å²) in [5.74, 6) is -0.927. The molecule has 1 aliphatic rings. The average Bonchev–Trinajstić information content (AvgIpc) is 2.91. The summed E-state index contributed by atoms with van der Waals surface area (Å²) in [6, 6.07) is 6.05. The van der Waals surface area contributed by atoms with Crippen molar-refractivity contribution in [3.05, 3.63) is 28.2 Å². The SMILES string of the molecule is Cc1ccc(NC2CC2C(=O)O)cc1Br. The van der Waals surface area contributed by atoms with E-state index < -0.39 is 5.97 Å². The van der Waals surface area contributed by atoms with Crippen LogP contribution in [0.25, 0.3) is 0 Å². The van der Waals surface area contributed by atoms with Gasteiger partial charge in [0.25, 0.3) is 0 Å². The lowest BCUT2D eigenvalue weighted by Gasteiger charge is -2.06. The Morgan fingerprint density at radius 1 is 1.60 bits per heavy atom. The van der Waals surface area contributed by atoms with Crippen LogP contribution in [0.2, 0.25) is 0 Å². The molecule has 2 N–H and O–H groups in total. The number of carbonyl (C=O) groups is 1. The number of hydrogen-bond acceptors (Lipinski definition) is 2. The van der Waals surface area contributed by atoms with Crippen LogP contribution in [-0.4, -0.2) is 17.1 Å². The fourth-order valence-electron chi connectivity index (χ4n) is 1.52. The van der Waals surface area contributed by atoms with Gasteiger partial charge in [-0.05, 0) is 31.0 Å². The van der Waals surface area contributed by atoms with Crippen LogP contribution in [0.4, 0.5) is 5.69 Å². The quantitative estimate of drug-likeness (QED) is 0.887. The van der Waals surface area contributed by atoms with Gasteiger partial charge >= 0.3 is 5.97 Å². The maximum Gasteiger partial charge on any atom is 0.308 e. The van der Waals surface area contributed by atoms with Crippen LogP contribution in [-0.2, 0) is 4.79 Å². The van der Waals surface area contributed by atoms with E-state index in [-0.39, 0.29) is 12.0 Å². The van der Waals surface area contributed by atoms with Gasteiger partial charge in [-0.3, -0.25) is 4.79 Å². The predicted molar refractivity (Wildman–Crippen MR) is 62.0 cm³/mol. The van der Waals surface area contributed by atoms with Crippen LogP contribution in [0.5, 0.6) is 0 Å². The van der Waals surface area contributed by atoms with Crippen molar-refractivity contribution in [1.82, 2.24) is 0 Å². The highest BCUT2D eigenvalue weighted by molar-refractivity contribution is 9.10. The van der Waals surface area contributed by atoms with Gasteiger partial charge in [-0.1, -0.05) is 22.0 Å². The first kappa shape index (κ1) is 10.5. The summed E-state index contributed by atoms with van der Waals surface area (Å²) >= 11 is 3.44. The standard InChI is InChI=1S/C11H12BrNO2/c1-6-2-3-7(4-9(6)12)13-10-5-8(10)11(14)15/h2-4,8,10,13H,5H2,1H3,(H,14,15). The summed E-state index contributed by atoms with van der Waals surface area (Å²) in [5.41, 5.74) is 2.15. The second-order valence-corrected chi connectivity index (χ2v) is 4.75. The number of aryl methyl sites for hydroxylation is 1. The normalized spacial score (nSPS) is 23.6. The molecule has 2 rings (SSSR count). The van der Waals surface area contributed by atoms with Crippen LogP contribution >= 0.6 is 15.9 Å². The fraction of sp³-hybridized carbons (Fsp3) is 0.364. The molecule has 3 nitrogen and oxygen atoms in total. The Morgan fingerprint density at radius 2 is 2.33 bits per heavy atom. The van der Waals surface area contributed by atoms with E-state index in [4.69, 9.17) is 5.11 Å². The topological polar surface area (TPSA) is 49.3 Å². The first-order valence-corrected chi connectivity index (χ1v) is 5.62. The van der Waals surface area contributed by atoms with Gasteiger partial charge in [-0.25, -0.2) is 0 Å². The molecule has 0 saturated heterocycles. The van der Waals surface area contributed by atoms with Crippen molar-refractivity contribution in [2.24, 2.45) is 5.92 Å². The summed E-state index contributed by atoms with van der Waals surface area (Å²) in [7, 11) is 0. The smallest absolute Gasteiger partial charge is 0.308 e. The minimum Gasteiger partial charge on any atom is -0.481 e. The molecule has 1 aromatic rings. The van der Waals surface area contributed by atoms with Gasteiger partial charge in [0.1, 0.15) is 0 Å². The molecule has 0 radical (unpaired) electrons. The molecule has 1 saturated carbocycles. The van der Waals surface area contributed by atoms with Gasteiger partial charge in [0.2, 0.25) is 0 Å². The van der Waals surface area contributed by atoms with Crippen molar-refractivity contribution < 1.29 is 9.90 Å². The molecule has 4 heteroatoms. The van der Waals surface area contributed by atoms with Crippen molar-refractivity contribution in [1.29, 1.82) is 0 Å². The lowest BCUT2D eigenvalue weighted by molar-refractivity contribution is -0.138. The Morgan fingerprint density at radius 3 is 2.87 bits per heavy atom. The molecule has 0 amide bonds. The zero-order valence-electron chi connectivity index (χ0n) is 8.33. The summed E-state index contributed by atoms with van der Waals surface area (Å²) in [5, 5.41) is 12.0. The van der Waals surface area contributed by atoms with Gasteiger partial charge in [0.15, 0.2) is 0 Å². The predicted octanol–water partition coefficient (Wildman–Crippen LogP) is 2.64. The molecule has 1 aromatic carbocycles. The van der Waals surface area contributed by atoms with Crippen molar-refractivity contribution in [2.45, 2.75) is 19.4 Å². The van der Waals surface area contributed by atoms with E-state index in [1.54, 1.807) is 0 Å². The molecule has 0 heterocycles. The van der Waals surface area contributed by atoms with Crippen molar-refractivity contribution in [2.75, 3.05) is 5.32 Å². The van der Waals surface area contributed by atoms with Crippen molar-refractivity contribution >= 4 is 27.6 Å². The third kappa shape index (κ3) is 2.31. The molecule has 0 spiro atoms. The third-order valence-electron chi connectivity index (χ3n) is 2.63. The monoisotopic (exact) mass is 269 g/mol. The van der Waals surface area contributed by atoms with Gasteiger partial charge in [-0.15, -0.1) is 0 Å². The number of aliphatic carboxylic acids is 1. The average molecular weight is 270 g/mol. The summed E-state index contributed by atoms with van der Waals surface area (Å²) in [6.45, 7) is 2.02. The largest absolute Gasteiger partial charge is 0.481 e. The number of halogens is 1. The molecule has 1 fully saturated rings. The number of nitrogens with one attached hydrogen (secondary N) is 1. The van der Waals surface area contributed by atoms with Crippen LogP contribution in [0.3, 0.4) is 0 Å². The van der Waals surface area contributed by atoms with E-state index in [9.17, 15) is 4.79 Å². The Bertz CT molecular complexity index is 406. The van der Waals surface area contributed by atoms with E-state index in [2.05, 4.69) is 21.2 Å². The van der Waals surface area contributed by atoms with E-state index >= 15 is 0 Å². The summed E-state index contributed by atoms with van der Waals surface area (Å²) in [4.78, 5) is 10.6. The first-order chi connectivity index (χ1) is 7.08. The van der Waals surface area contributed by atoms with Crippen LogP contribution < -0.4 is 5.32 Å². The molecule has 2 unspecified atom stereocenters. The summed E-state index contributed by atoms with van der Waals surface area (Å²) < 4.78 is 1.04. The molecule has 2 atom stereocenters.